The van der Waals surface area contributed by atoms with E-state index in [1.807, 2.05) is 19.1 Å². The molecule has 0 aliphatic heterocycles. The minimum absolute atomic E-state index is 0.154. The average molecular weight is 264 g/mol. The van der Waals surface area contributed by atoms with Crippen molar-refractivity contribution in [1.29, 1.82) is 0 Å². The predicted octanol–water partition coefficient (Wildman–Crippen LogP) is 1.21. The monoisotopic (exact) mass is 264 g/mol. The molecule has 19 heavy (non-hydrogen) atoms. The van der Waals surface area contributed by atoms with Crippen molar-refractivity contribution < 1.29 is 14.7 Å². The molecular weight excluding hydrogens is 244 g/mol. The lowest BCUT2D eigenvalue weighted by Gasteiger charge is -2.08. The minimum Gasteiger partial charge on any atom is -0.396 e. The fourth-order valence-corrected chi connectivity index (χ4v) is 1.59. The molecule has 5 nitrogen and oxygen atoms in total. The molecule has 0 heterocycles. The third kappa shape index (κ3) is 5.52. The molecule has 1 aromatic carbocycles. The van der Waals surface area contributed by atoms with Gasteiger partial charge in [0.1, 0.15) is 0 Å². The van der Waals surface area contributed by atoms with Crippen molar-refractivity contribution in [1.82, 2.24) is 5.32 Å². The number of aliphatic hydroxyl groups is 1. The first-order valence-electron chi connectivity index (χ1n) is 6.41. The van der Waals surface area contributed by atoms with E-state index < -0.39 is 11.8 Å². The number of anilines is 1. The number of nitrogens with one attached hydrogen (secondary N) is 2. The number of hydrogen-bond acceptors (Lipinski definition) is 3. The van der Waals surface area contributed by atoms with Crippen LogP contribution < -0.4 is 10.6 Å². The smallest absolute Gasteiger partial charge is 0.313 e. The number of unbranched alkanes of at least 4 members (excludes halogenated alkanes) is 2. The van der Waals surface area contributed by atoms with E-state index in [0.717, 1.165) is 18.4 Å². The fraction of sp³-hybridized carbons (Fsp3) is 0.429. The maximum Gasteiger partial charge on any atom is 0.313 e. The van der Waals surface area contributed by atoms with Gasteiger partial charge in [0.05, 0.1) is 0 Å². The van der Waals surface area contributed by atoms with E-state index in [0.29, 0.717) is 18.7 Å². The highest BCUT2D eigenvalue weighted by Crippen LogP contribution is 2.12. The van der Waals surface area contributed by atoms with Gasteiger partial charge in [0.25, 0.3) is 0 Å². The Balaban J connectivity index is 2.33. The second kappa shape index (κ2) is 8.26. The van der Waals surface area contributed by atoms with Gasteiger partial charge < -0.3 is 15.7 Å². The van der Waals surface area contributed by atoms with Crippen LogP contribution in [-0.4, -0.2) is 30.1 Å². The van der Waals surface area contributed by atoms with Crippen LogP contribution in [-0.2, 0) is 9.59 Å². The van der Waals surface area contributed by atoms with Gasteiger partial charge in [-0.2, -0.15) is 0 Å². The zero-order valence-electron chi connectivity index (χ0n) is 11.1. The van der Waals surface area contributed by atoms with E-state index in [-0.39, 0.29) is 6.61 Å². The summed E-state index contributed by atoms with van der Waals surface area (Å²) in [6.07, 6.45) is 2.30. The van der Waals surface area contributed by atoms with Gasteiger partial charge in [-0.25, -0.2) is 0 Å². The molecule has 0 saturated carbocycles. The zero-order valence-corrected chi connectivity index (χ0v) is 11.1. The number of carbonyl (C=O) groups is 2. The molecule has 0 aliphatic carbocycles. The van der Waals surface area contributed by atoms with Crippen molar-refractivity contribution in [3.05, 3.63) is 29.8 Å². The summed E-state index contributed by atoms with van der Waals surface area (Å²) in [6, 6.07) is 7.28. The second-order valence-electron chi connectivity index (χ2n) is 4.31. The Hall–Kier alpha value is -1.88. The Morgan fingerprint density at radius 3 is 2.53 bits per heavy atom. The maximum atomic E-state index is 11.6. The molecule has 0 atom stereocenters. The van der Waals surface area contributed by atoms with Crippen LogP contribution in [0, 0.1) is 6.92 Å². The summed E-state index contributed by atoms with van der Waals surface area (Å²) in [5, 5.41) is 13.7. The van der Waals surface area contributed by atoms with Crippen LogP contribution in [0.5, 0.6) is 0 Å². The van der Waals surface area contributed by atoms with Crippen LogP contribution in [0.2, 0.25) is 0 Å². The topological polar surface area (TPSA) is 78.4 Å². The number of aliphatic hydroxyl groups excluding tert-OH is 1. The lowest BCUT2D eigenvalue weighted by Crippen LogP contribution is -2.36. The molecule has 0 unspecified atom stereocenters. The standard InChI is InChI=1S/C14H20N2O3/c1-11-7-3-4-8-12(11)16-14(19)13(18)15-9-5-2-6-10-17/h3-4,7-8,17H,2,5-6,9-10H2,1H3,(H,15,18)(H,16,19). The molecule has 104 valence electrons. The number of benzene rings is 1. The van der Waals surface area contributed by atoms with E-state index in [4.69, 9.17) is 5.11 Å². The summed E-state index contributed by atoms with van der Waals surface area (Å²) >= 11 is 0. The molecular formula is C14H20N2O3. The largest absolute Gasteiger partial charge is 0.396 e. The molecule has 3 N–H and O–H groups in total. The summed E-state index contributed by atoms with van der Waals surface area (Å²) in [5.74, 6) is -1.29. The van der Waals surface area contributed by atoms with Gasteiger partial charge >= 0.3 is 11.8 Å². The van der Waals surface area contributed by atoms with E-state index in [1.54, 1.807) is 12.1 Å². The summed E-state index contributed by atoms with van der Waals surface area (Å²) < 4.78 is 0. The fourth-order valence-electron chi connectivity index (χ4n) is 1.59. The third-order valence-electron chi connectivity index (χ3n) is 2.72. The first kappa shape index (κ1) is 15.2. The summed E-state index contributed by atoms with van der Waals surface area (Å²) in [7, 11) is 0. The molecule has 0 fully saturated rings. The van der Waals surface area contributed by atoms with Gasteiger partial charge in [-0.15, -0.1) is 0 Å². The number of carbonyl (C=O) groups excluding carboxylic acids is 2. The number of para-hydroxylation sites is 1. The average Bonchev–Trinajstić information content (AvgIpc) is 2.41. The van der Waals surface area contributed by atoms with Crippen LogP contribution in [0.1, 0.15) is 24.8 Å². The maximum absolute atomic E-state index is 11.6. The van der Waals surface area contributed by atoms with Crippen LogP contribution in [0.25, 0.3) is 0 Å². The van der Waals surface area contributed by atoms with Crippen molar-refractivity contribution in [2.45, 2.75) is 26.2 Å². The molecule has 2 amide bonds. The van der Waals surface area contributed by atoms with Gasteiger partial charge in [-0.3, -0.25) is 9.59 Å². The molecule has 0 aliphatic rings. The number of rotatable bonds is 6. The van der Waals surface area contributed by atoms with Gasteiger partial charge in [0.15, 0.2) is 0 Å². The highest BCUT2D eigenvalue weighted by Gasteiger charge is 2.13. The Morgan fingerprint density at radius 1 is 1.11 bits per heavy atom. The quantitative estimate of drug-likeness (QED) is 0.534. The third-order valence-corrected chi connectivity index (χ3v) is 2.72. The first-order valence-corrected chi connectivity index (χ1v) is 6.41. The Morgan fingerprint density at radius 2 is 1.84 bits per heavy atom. The lowest BCUT2D eigenvalue weighted by molar-refractivity contribution is -0.136. The van der Waals surface area contributed by atoms with Gasteiger partial charge in [0.2, 0.25) is 0 Å². The van der Waals surface area contributed by atoms with E-state index in [1.165, 1.54) is 0 Å². The molecule has 5 heteroatoms. The van der Waals surface area contributed by atoms with Crippen LogP contribution >= 0.6 is 0 Å². The minimum atomic E-state index is -0.656. The van der Waals surface area contributed by atoms with Crippen molar-refractivity contribution in [2.75, 3.05) is 18.5 Å². The number of aryl methyl sites for hydroxylation is 1. The molecule has 0 bridgehead atoms. The number of amides is 2. The lowest BCUT2D eigenvalue weighted by atomic mass is 10.2. The van der Waals surface area contributed by atoms with Crippen molar-refractivity contribution >= 4 is 17.5 Å². The summed E-state index contributed by atoms with van der Waals surface area (Å²) in [4.78, 5) is 23.1. The SMILES string of the molecule is Cc1ccccc1NC(=O)C(=O)NCCCCCO. The van der Waals surface area contributed by atoms with Crippen molar-refractivity contribution in [2.24, 2.45) is 0 Å². The molecule has 1 aromatic rings. The van der Waals surface area contributed by atoms with Crippen LogP contribution in [0.4, 0.5) is 5.69 Å². The zero-order chi connectivity index (χ0) is 14.1. The second-order valence-corrected chi connectivity index (χ2v) is 4.31. The Bertz CT molecular complexity index is 432. The van der Waals surface area contributed by atoms with Crippen LogP contribution in [0.15, 0.2) is 24.3 Å². The molecule has 0 aromatic heterocycles. The number of hydrogen-bond donors (Lipinski definition) is 3. The molecule has 1 rings (SSSR count). The van der Waals surface area contributed by atoms with Gasteiger partial charge in [-0.1, -0.05) is 18.2 Å². The van der Waals surface area contributed by atoms with E-state index in [2.05, 4.69) is 10.6 Å². The highest BCUT2D eigenvalue weighted by molar-refractivity contribution is 6.39. The molecule has 0 radical (unpaired) electrons. The summed E-state index contributed by atoms with van der Waals surface area (Å²) in [5.41, 5.74) is 1.55. The normalized spacial score (nSPS) is 10.0. The Kier molecular flexibility index (Phi) is 6.60. The summed E-state index contributed by atoms with van der Waals surface area (Å²) in [6.45, 7) is 2.46. The van der Waals surface area contributed by atoms with Crippen molar-refractivity contribution in [3.63, 3.8) is 0 Å². The highest BCUT2D eigenvalue weighted by atomic mass is 16.3. The molecule has 0 spiro atoms. The Labute approximate surface area is 113 Å². The van der Waals surface area contributed by atoms with E-state index >= 15 is 0 Å². The van der Waals surface area contributed by atoms with Gasteiger partial charge in [-0.05, 0) is 37.8 Å². The van der Waals surface area contributed by atoms with Crippen molar-refractivity contribution in [3.8, 4) is 0 Å². The first-order chi connectivity index (χ1) is 9.15. The molecule has 0 saturated heterocycles. The predicted molar refractivity (Wildman–Crippen MR) is 73.8 cm³/mol. The van der Waals surface area contributed by atoms with Gasteiger partial charge in [0, 0.05) is 18.8 Å². The van der Waals surface area contributed by atoms with E-state index in [9.17, 15) is 9.59 Å². The van der Waals surface area contributed by atoms with Crippen LogP contribution in [0.3, 0.4) is 0 Å².